The number of nitrogens with zero attached hydrogens (tertiary/aromatic N) is 3. The van der Waals surface area contributed by atoms with E-state index in [-0.39, 0.29) is 22.7 Å². The van der Waals surface area contributed by atoms with E-state index in [0.717, 1.165) is 22.2 Å². The quantitative estimate of drug-likeness (QED) is 0.173. The Balaban J connectivity index is 1.58. The first kappa shape index (κ1) is 23.9. The Hall–Kier alpha value is -2.81. The number of carbonyl (C=O) groups excluding carboxylic acids is 1. The van der Waals surface area contributed by atoms with Crippen LogP contribution in [-0.4, -0.2) is 31.7 Å². The molecule has 3 heterocycles. The molecule has 2 aromatic carbocycles. The lowest BCUT2D eigenvalue weighted by molar-refractivity contribution is -0.0573. The lowest BCUT2D eigenvalue weighted by atomic mass is 9.91. The summed E-state index contributed by atoms with van der Waals surface area (Å²) >= 11 is 4.64. The van der Waals surface area contributed by atoms with E-state index in [1.54, 1.807) is 16.7 Å². The highest BCUT2D eigenvalue weighted by Crippen LogP contribution is 2.31. The van der Waals surface area contributed by atoms with E-state index in [0.29, 0.717) is 40.5 Å². The van der Waals surface area contributed by atoms with Crippen LogP contribution in [0, 0.1) is 0 Å². The summed E-state index contributed by atoms with van der Waals surface area (Å²) in [5.41, 5.74) is 3.06. The third kappa shape index (κ3) is 4.83. The Kier molecular flexibility index (Phi) is 6.61. The van der Waals surface area contributed by atoms with Crippen LogP contribution in [0.1, 0.15) is 41.9 Å². The van der Waals surface area contributed by atoms with Crippen LogP contribution in [0.15, 0.2) is 75.1 Å². The van der Waals surface area contributed by atoms with Gasteiger partial charge in [0.05, 0.1) is 34.7 Å². The molecule has 178 valence electrons. The number of benzene rings is 2. The van der Waals surface area contributed by atoms with Crippen molar-refractivity contribution in [1.82, 2.24) is 14.5 Å². The molecule has 5 rings (SSSR count). The molecule has 1 aliphatic rings. The molecular weight excluding hydrogens is 526 g/mol. The molecule has 1 atom stereocenters. The van der Waals surface area contributed by atoms with Gasteiger partial charge in [0.15, 0.2) is 16.6 Å². The Bertz CT molecular complexity index is 1470. The van der Waals surface area contributed by atoms with Gasteiger partial charge in [-0.05, 0) is 43.7 Å². The van der Waals surface area contributed by atoms with E-state index in [1.807, 2.05) is 48.5 Å². The number of halogens is 1. The standard InChI is InChI=1S/C27H24BrN3O3S/c1-3-27(2)14-22-18(15-34-27)13-21-24(29-22)30-26(31(25(21)33)20-7-5-4-6-8-20)35-16-23(32)17-9-11-19(28)12-10-17/h4-13H,3,14-16H2,1-2H3/t27-/m1/s1. The molecule has 0 amide bonds. The van der Waals surface area contributed by atoms with Gasteiger partial charge in [-0.1, -0.05) is 64.9 Å². The van der Waals surface area contributed by atoms with Crippen LogP contribution in [0.3, 0.4) is 0 Å². The molecule has 0 spiro atoms. The van der Waals surface area contributed by atoms with Crippen LogP contribution >= 0.6 is 27.7 Å². The second kappa shape index (κ2) is 9.68. The summed E-state index contributed by atoms with van der Waals surface area (Å²) in [5.74, 6) is 0.116. The van der Waals surface area contributed by atoms with Crippen molar-refractivity contribution in [2.45, 2.75) is 44.1 Å². The van der Waals surface area contributed by atoms with E-state index in [4.69, 9.17) is 14.7 Å². The highest BCUT2D eigenvalue weighted by atomic mass is 79.9. The molecule has 0 radical (unpaired) electrons. The molecule has 8 heteroatoms. The van der Waals surface area contributed by atoms with Crippen molar-refractivity contribution < 1.29 is 9.53 Å². The molecule has 0 saturated heterocycles. The van der Waals surface area contributed by atoms with Crippen molar-refractivity contribution in [2.24, 2.45) is 0 Å². The summed E-state index contributed by atoms with van der Waals surface area (Å²) < 4.78 is 8.55. The van der Waals surface area contributed by atoms with E-state index < -0.39 is 0 Å². The van der Waals surface area contributed by atoms with Crippen LogP contribution in [0.5, 0.6) is 0 Å². The number of hydrogen-bond acceptors (Lipinski definition) is 6. The molecule has 1 aliphatic heterocycles. The molecule has 35 heavy (non-hydrogen) atoms. The number of hydrogen-bond donors (Lipinski definition) is 0. The van der Waals surface area contributed by atoms with Gasteiger partial charge >= 0.3 is 0 Å². The average molecular weight is 550 g/mol. The third-order valence-corrected chi connectivity index (χ3v) is 7.84. The van der Waals surface area contributed by atoms with Gasteiger partial charge in [0.2, 0.25) is 0 Å². The molecule has 0 bridgehead atoms. The smallest absolute Gasteiger partial charge is 0.268 e. The number of pyridine rings is 1. The molecule has 0 N–H and O–H groups in total. The van der Waals surface area contributed by atoms with Gasteiger partial charge in [-0.3, -0.25) is 14.2 Å². The van der Waals surface area contributed by atoms with Crippen molar-refractivity contribution in [3.8, 4) is 5.69 Å². The molecule has 0 aliphatic carbocycles. The maximum absolute atomic E-state index is 13.7. The first-order valence-electron chi connectivity index (χ1n) is 11.4. The molecule has 0 saturated carbocycles. The normalized spacial score (nSPS) is 17.3. The van der Waals surface area contributed by atoms with Crippen LogP contribution in [-0.2, 0) is 17.8 Å². The van der Waals surface area contributed by atoms with Gasteiger partial charge in [-0.25, -0.2) is 9.97 Å². The van der Waals surface area contributed by atoms with Crippen molar-refractivity contribution in [3.63, 3.8) is 0 Å². The maximum atomic E-state index is 13.7. The number of ketones is 1. The van der Waals surface area contributed by atoms with E-state index in [2.05, 4.69) is 29.8 Å². The van der Waals surface area contributed by atoms with Crippen molar-refractivity contribution in [2.75, 3.05) is 5.75 Å². The Morgan fingerprint density at radius 1 is 1.14 bits per heavy atom. The number of Topliss-reactive ketones (excluding diaryl/α,β-unsaturated/α-hetero) is 1. The lowest BCUT2D eigenvalue weighted by Gasteiger charge is -2.33. The topological polar surface area (TPSA) is 74.1 Å². The molecular formula is C27H24BrN3O3S. The minimum absolute atomic E-state index is 0.0364. The second-order valence-corrected chi connectivity index (χ2v) is 10.7. The van der Waals surface area contributed by atoms with Gasteiger partial charge in [-0.15, -0.1) is 0 Å². The van der Waals surface area contributed by atoms with Crippen molar-refractivity contribution in [3.05, 3.63) is 92.3 Å². The summed E-state index contributed by atoms with van der Waals surface area (Å²) in [6, 6.07) is 18.5. The fourth-order valence-corrected chi connectivity index (χ4v) is 5.25. The van der Waals surface area contributed by atoms with E-state index in [9.17, 15) is 9.59 Å². The van der Waals surface area contributed by atoms with Crippen LogP contribution in [0.4, 0.5) is 0 Å². The van der Waals surface area contributed by atoms with Crippen LogP contribution < -0.4 is 5.56 Å². The minimum atomic E-state index is -0.276. The molecule has 6 nitrogen and oxygen atoms in total. The predicted octanol–water partition coefficient (Wildman–Crippen LogP) is 5.76. The number of fused-ring (bicyclic) bond motifs is 2. The first-order chi connectivity index (χ1) is 16.9. The Morgan fingerprint density at radius 2 is 1.89 bits per heavy atom. The number of para-hydroxylation sites is 1. The number of ether oxygens (including phenoxy) is 1. The summed E-state index contributed by atoms with van der Waals surface area (Å²) in [6.07, 6.45) is 1.54. The maximum Gasteiger partial charge on any atom is 0.268 e. The van der Waals surface area contributed by atoms with E-state index >= 15 is 0 Å². The van der Waals surface area contributed by atoms with Gasteiger partial charge in [-0.2, -0.15) is 0 Å². The van der Waals surface area contributed by atoms with E-state index in [1.165, 1.54) is 11.8 Å². The number of carbonyl (C=O) groups is 1. The number of aromatic nitrogens is 3. The zero-order valence-corrected chi connectivity index (χ0v) is 21.9. The fourth-order valence-electron chi connectivity index (χ4n) is 4.09. The van der Waals surface area contributed by atoms with Crippen molar-refractivity contribution in [1.29, 1.82) is 0 Å². The molecule has 0 fully saturated rings. The van der Waals surface area contributed by atoms with Gasteiger partial charge < -0.3 is 4.74 Å². The van der Waals surface area contributed by atoms with Gasteiger partial charge in [0, 0.05) is 22.0 Å². The number of thioether (sulfide) groups is 1. The lowest BCUT2D eigenvalue weighted by Crippen LogP contribution is -2.35. The SMILES string of the molecule is CC[C@]1(C)Cc2nc3nc(SCC(=O)c4ccc(Br)cc4)n(-c4ccccc4)c(=O)c3cc2CO1. The average Bonchev–Trinajstić information content (AvgIpc) is 2.87. The Morgan fingerprint density at radius 3 is 2.60 bits per heavy atom. The largest absolute Gasteiger partial charge is 0.370 e. The fraction of sp³-hybridized carbons (Fsp3) is 0.259. The van der Waals surface area contributed by atoms with Crippen LogP contribution in [0.25, 0.3) is 16.7 Å². The molecule has 2 aromatic heterocycles. The summed E-state index contributed by atoms with van der Waals surface area (Å²) in [4.78, 5) is 36.1. The third-order valence-electron chi connectivity index (χ3n) is 6.38. The molecule has 4 aromatic rings. The van der Waals surface area contributed by atoms with Gasteiger partial charge in [0.1, 0.15) is 0 Å². The monoisotopic (exact) mass is 549 g/mol. The highest BCUT2D eigenvalue weighted by Gasteiger charge is 2.31. The van der Waals surface area contributed by atoms with Crippen molar-refractivity contribution >= 4 is 44.5 Å². The van der Waals surface area contributed by atoms with Gasteiger partial charge in [0.25, 0.3) is 5.56 Å². The summed E-state index contributed by atoms with van der Waals surface area (Å²) in [5, 5.41) is 0.886. The second-order valence-electron chi connectivity index (χ2n) is 8.82. The number of rotatable bonds is 6. The molecule has 0 unspecified atom stereocenters. The zero-order chi connectivity index (χ0) is 24.6. The first-order valence-corrected chi connectivity index (χ1v) is 13.2. The predicted molar refractivity (Wildman–Crippen MR) is 142 cm³/mol. The minimum Gasteiger partial charge on any atom is -0.370 e. The Labute approximate surface area is 215 Å². The summed E-state index contributed by atoms with van der Waals surface area (Å²) in [6.45, 7) is 4.60. The van der Waals surface area contributed by atoms with Crippen LogP contribution in [0.2, 0.25) is 0 Å². The highest BCUT2D eigenvalue weighted by molar-refractivity contribution is 9.10. The summed E-state index contributed by atoms with van der Waals surface area (Å²) in [7, 11) is 0. The zero-order valence-electron chi connectivity index (χ0n) is 19.5.